The first-order valence-corrected chi connectivity index (χ1v) is 11.0. The first kappa shape index (κ1) is 20.3. The van der Waals surface area contributed by atoms with E-state index in [2.05, 4.69) is 15.3 Å². The molecule has 4 rings (SSSR count). The second-order valence-corrected chi connectivity index (χ2v) is 8.93. The molecule has 1 aliphatic heterocycles. The Kier molecular flexibility index (Phi) is 5.91. The number of hydrogen-bond donors (Lipinski definition) is 2. The molecule has 9 heteroatoms. The van der Waals surface area contributed by atoms with Crippen LogP contribution in [0.15, 0.2) is 41.6 Å². The van der Waals surface area contributed by atoms with Crippen molar-refractivity contribution in [2.24, 2.45) is 0 Å². The van der Waals surface area contributed by atoms with Crippen LogP contribution in [-0.2, 0) is 5.60 Å². The average molecular weight is 436 g/mol. The van der Waals surface area contributed by atoms with E-state index in [1.54, 1.807) is 18.2 Å². The molecule has 0 saturated carbocycles. The Morgan fingerprint density at radius 1 is 1.31 bits per heavy atom. The zero-order chi connectivity index (χ0) is 20.4. The summed E-state index contributed by atoms with van der Waals surface area (Å²) in [4.78, 5) is 22.2. The molecule has 0 radical (unpaired) electrons. The second kappa shape index (κ2) is 8.43. The lowest BCUT2D eigenvalue weighted by atomic mass is 9.91. The highest BCUT2D eigenvalue weighted by Gasteiger charge is 2.33. The summed E-state index contributed by atoms with van der Waals surface area (Å²) in [5, 5.41) is 15.0. The molecule has 2 N–H and O–H groups in total. The van der Waals surface area contributed by atoms with Crippen molar-refractivity contribution in [3.05, 3.63) is 52.0 Å². The third-order valence-electron chi connectivity index (χ3n) is 4.92. The second-order valence-electron chi connectivity index (χ2n) is 6.88. The Morgan fingerprint density at radius 3 is 2.86 bits per heavy atom. The van der Waals surface area contributed by atoms with E-state index in [-0.39, 0.29) is 17.2 Å². The van der Waals surface area contributed by atoms with Gasteiger partial charge in [0.2, 0.25) is 0 Å². The number of carbonyl (C=O) groups excluding carboxylic acids is 1. The number of ketones is 1. The van der Waals surface area contributed by atoms with Gasteiger partial charge in [0.15, 0.2) is 5.78 Å². The van der Waals surface area contributed by atoms with Crippen LogP contribution in [0.2, 0.25) is 0 Å². The van der Waals surface area contributed by atoms with Crippen molar-refractivity contribution in [2.75, 3.05) is 18.8 Å². The van der Waals surface area contributed by atoms with Crippen molar-refractivity contribution in [1.29, 1.82) is 0 Å². The Bertz CT molecular complexity index is 1040. The van der Waals surface area contributed by atoms with Crippen LogP contribution >= 0.6 is 23.1 Å². The predicted molar refractivity (Wildman–Crippen MR) is 110 cm³/mol. The summed E-state index contributed by atoms with van der Waals surface area (Å²) < 4.78 is 26.3. The van der Waals surface area contributed by atoms with E-state index in [1.165, 1.54) is 23.6 Å². The largest absolute Gasteiger partial charge is 0.384 e. The van der Waals surface area contributed by atoms with Crippen LogP contribution in [0.4, 0.5) is 8.78 Å². The Hall–Kier alpha value is -1.94. The minimum Gasteiger partial charge on any atom is -0.384 e. The highest BCUT2D eigenvalue weighted by molar-refractivity contribution is 8.00. The SMILES string of the molecule is O=C(CSc1nc(C(F)F)cc2ncccc12)c1ccc(C2(O)CCNCC2)s1. The molecule has 0 amide bonds. The molecule has 3 aromatic heterocycles. The third kappa shape index (κ3) is 4.32. The molecule has 3 aromatic rings. The van der Waals surface area contributed by atoms with Gasteiger partial charge in [-0.15, -0.1) is 11.3 Å². The maximum atomic E-state index is 13.2. The molecule has 1 aliphatic rings. The fraction of sp³-hybridized carbons (Fsp3) is 0.350. The summed E-state index contributed by atoms with van der Waals surface area (Å²) in [5.74, 6) is -0.0473. The van der Waals surface area contributed by atoms with Crippen LogP contribution in [0.1, 0.15) is 39.5 Å². The molecule has 5 nitrogen and oxygen atoms in total. The predicted octanol–water partition coefficient (Wildman–Crippen LogP) is 4.17. The van der Waals surface area contributed by atoms with E-state index in [1.807, 2.05) is 6.07 Å². The number of thioether (sulfide) groups is 1. The fourth-order valence-corrected chi connectivity index (χ4v) is 5.42. The van der Waals surface area contributed by atoms with E-state index in [4.69, 9.17) is 0 Å². The van der Waals surface area contributed by atoms with Gasteiger partial charge in [-0.3, -0.25) is 9.78 Å². The molecule has 0 spiro atoms. The monoisotopic (exact) mass is 435 g/mol. The maximum absolute atomic E-state index is 13.2. The first-order valence-electron chi connectivity index (χ1n) is 9.19. The summed E-state index contributed by atoms with van der Waals surface area (Å²) in [6.07, 6.45) is 0.0518. The van der Waals surface area contributed by atoms with Gasteiger partial charge < -0.3 is 10.4 Å². The number of hydrogen-bond acceptors (Lipinski definition) is 7. The van der Waals surface area contributed by atoms with Crippen LogP contribution < -0.4 is 5.32 Å². The van der Waals surface area contributed by atoms with Crippen molar-refractivity contribution < 1.29 is 18.7 Å². The highest BCUT2D eigenvalue weighted by Crippen LogP contribution is 2.36. The molecule has 29 heavy (non-hydrogen) atoms. The Labute approximate surface area is 174 Å². The van der Waals surface area contributed by atoms with Gasteiger partial charge >= 0.3 is 0 Å². The number of fused-ring (bicyclic) bond motifs is 1. The van der Waals surface area contributed by atoms with Gasteiger partial charge in [0, 0.05) is 16.5 Å². The molecule has 0 bridgehead atoms. The summed E-state index contributed by atoms with van der Waals surface area (Å²) in [7, 11) is 0. The quantitative estimate of drug-likeness (QED) is 0.447. The van der Waals surface area contributed by atoms with Crippen molar-refractivity contribution in [3.63, 3.8) is 0 Å². The maximum Gasteiger partial charge on any atom is 0.280 e. The fourth-order valence-electron chi connectivity index (χ4n) is 3.31. The number of alkyl halides is 2. The van der Waals surface area contributed by atoms with Crippen molar-refractivity contribution in [1.82, 2.24) is 15.3 Å². The van der Waals surface area contributed by atoms with Crippen LogP contribution in [0.25, 0.3) is 10.9 Å². The Morgan fingerprint density at radius 2 is 2.10 bits per heavy atom. The standard InChI is InChI=1S/C20H19F2N3O2S2/c21-18(22)14-10-13-12(2-1-7-24-13)19(25-14)28-11-15(26)16-3-4-17(29-16)20(27)5-8-23-9-6-20/h1-4,7,10,18,23,27H,5-6,8-9,11H2. The molecule has 0 atom stereocenters. The molecule has 0 aromatic carbocycles. The van der Waals surface area contributed by atoms with E-state index in [0.29, 0.717) is 33.6 Å². The van der Waals surface area contributed by atoms with Gasteiger partial charge in [-0.05, 0) is 56.3 Å². The highest BCUT2D eigenvalue weighted by atomic mass is 32.2. The molecule has 0 aliphatic carbocycles. The average Bonchev–Trinajstić information content (AvgIpc) is 3.23. The summed E-state index contributed by atoms with van der Waals surface area (Å²) in [6, 6.07) is 8.28. The lowest BCUT2D eigenvalue weighted by Crippen LogP contribution is -2.39. The molecular weight excluding hydrogens is 416 g/mol. The first-order chi connectivity index (χ1) is 14.0. The number of nitrogens with one attached hydrogen (secondary N) is 1. The number of halogens is 2. The van der Waals surface area contributed by atoms with Crippen molar-refractivity contribution in [2.45, 2.75) is 29.9 Å². The number of aliphatic hydroxyl groups is 1. The molecule has 152 valence electrons. The minimum absolute atomic E-state index is 0.0730. The van der Waals surface area contributed by atoms with Gasteiger partial charge in [-0.2, -0.15) is 0 Å². The van der Waals surface area contributed by atoms with E-state index < -0.39 is 12.0 Å². The van der Waals surface area contributed by atoms with Gasteiger partial charge in [-0.25, -0.2) is 13.8 Å². The number of Topliss-reactive ketones (excluding diaryl/α,β-unsaturated/α-hetero) is 1. The van der Waals surface area contributed by atoms with E-state index in [0.717, 1.165) is 29.7 Å². The van der Waals surface area contributed by atoms with Gasteiger partial charge in [-0.1, -0.05) is 11.8 Å². The van der Waals surface area contributed by atoms with Crippen LogP contribution in [-0.4, -0.2) is 39.7 Å². The molecule has 4 heterocycles. The Balaban J connectivity index is 1.52. The number of thiophene rings is 1. The van der Waals surface area contributed by atoms with Crippen LogP contribution in [0.3, 0.4) is 0 Å². The summed E-state index contributed by atoms with van der Waals surface area (Å²) >= 11 is 2.43. The number of nitrogens with zero attached hydrogens (tertiary/aromatic N) is 2. The lowest BCUT2D eigenvalue weighted by Gasteiger charge is -2.31. The van der Waals surface area contributed by atoms with Crippen molar-refractivity contribution >= 4 is 39.8 Å². The van der Waals surface area contributed by atoms with Crippen molar-refractivity contribution in [3.8, 4) is 0 Å². The van der Waals surface area contributed by atoms with Gasteiger partial charge in [0.05, 0.1) is 16.1 Å². The molecule has 1 saturated heterocycles. The molecule has 1 fully saturated rings. The molecular formula is C20H19F2N3O2S2. The van der Waals surface area contributed by atoms with Crippen LogP contribution in [0, 0.1) is 0 Å². The van der Waals surface area contributed by atoms with E-state index in [9.17, 15) is 18.7 Å². The number of piperidine rings is 1. The van der Waals surface area contributed by atoms with Gasteiger partial charge in [0.1, 0.15) is 16.3 Å². The zero-order valence-electron chi connectivity index (χ0n) is 15.4. The number of aromatic nitrogens is 2. The lowest BCUT2D eigenvalue weighted by molar-refractivity contribution is 0.00944. The van der Waals surface area contributed by atoms with Crippen LogP contribution in [0.5, 0.6) is 0 Å². The number of carbonyl (C=O) groups is 1. The smallest absolute Gasteiger partial charge is 0.280 e. The topological polar surface area (TPSA) is 75.1 Å². The van der Waals surface area contributed by atoms with E-state index >= 15 is 0 Å². The summed E-state index contributed by atoms with van der Waals surface area (Å²) in [5.41, 5.74) is -0.812. The normalized spacial score (nSPS) is 16.4. The molecule has 0 unspecified atom stereocenters. The minimum atomic E-state index is -2.71. The zero-order valence-corrected chi connectivity index (χ0v) is 17.0. The van der Waals surface area contributed by atoms with Gasteiger partial charge in [0.25, 0.3) is 6.43 Å². The third-order valence-corrected chi connectivity index (χ3v) is 7.23. The summed E-state index contributed by atoms with van der Waals surface area (Å²) in [6.45, 7) is 1.47. The number of rotatable bonds is 6. The number of pyridine rings is 2.